The van der Waals surface area contributed by atoms with Gasteiger partial charge < -0.3 is 10.5 Å². The van der Waals surface area contributed by atoms with E-state index in [9.17, 15) is 8.42 Å². The maximum absolute atomic E-state index is 12.0. The maximum atomic E-state index is 12.0. The Morgan fingerprint density at radius 3 is 2.88 bits per heavy atom. The average Bonchev–Trinajstić information content (AvgIpc) is 2.36. The highest BCUT2D eigenvalue weighted by molar-refractivity contribution is 7.87. The summed E-state index contributed by atoms with van der Waals surface area (Å²) in [4.78, 5) is 0. The summed E-state index contributed by atoms with van der Waals surface area (Å²) in [5.74, 6) is 0.278. The van der Waals surface area contributed by atoms with E-state index < -0.39 is 10.2 Å². The molecule has 0 aromatic rings. The second-order valence-electron chi connectivity index (χ2n) is 4.50. The molecule has 1 aliphatic heterocycles. The van der Waals surface area contributed by atoms with E-state index in [4.69, 9.17) is 10.5 Å². The van der Waals surface area contributed by atoms with Gasteiger partial charge in [0.05, 0.1) is 6.10 Å². The zero-order valence-corrected chi connectivity index (χ0v) is 11.4. The van der Waals surface area contributed by atoms with Gasteiger partial charge in [-0.15, -0.1) is 0 Å². The highest BCUT2D eigenvalue weighted by atomic mass is 32.2. The lowest BCUT2D eigenvalue weighted by molar-refractivity contribution is 0.121. The molecule has 0 amide bonds. The van der Waals surface area contributed by atoms with Gasteiger partial charge in [0.25, 0.3) is 10.2 Å². The number of nitrogens with zero attached hydrogens (tertiary/aromatic N) is 1. The topological polar surface area (TPSA) is 84.7 Å². The minimum Gasteiger partial charge on any atom is -0.380 e. The van der Waals surface area contributed by atoms with Crippen molar-refractivity contribution in [2.75, 3.05) is 33.3 Å². The van der Waals surface area contributed by atoms with Crippen molar-refractivity contribution in [1.82, 2.24) is 9.03 Å². The molecule has 0 aliphatic carbocycles. The summed E-state index contributed by atoms with van der Waals surface area (Å²) >= 11 is 0. The molecule has 0 saturated carbocycles. The molecule has 1 rings (SSSR count). The molecular formula is C10H23N3O3S. The van der Waals surface area contributed by atoms with E-state index in [2.05, 4.69) is 4.72 Å². The molecule has 0 radical (unpaired) electrons. The van der Waals surface area contributed by atoms with Gasteiger partial charge in [0.2, 0.25) is 0 Å². The van der Waals surface area contributed by atoms with Gasteiger partial charge in [-0.05, 0) is 32.2 Å². The lowest BCUT2D eigenvalue weighted by atomic mass is 10.0. The molecule has 102 valence electrons. The third-order valence-electron chi connectivity index (χ3n) is 3.11. The minimum atomic E-state index is -3.38. The van der Waals surface area contributed by atoms with Crippen LogP contribution in [0.5, 0.6) is 0 Å². The Labute approximate surface area is 104 Å². The van der Waals surface area contributed by atoms with Crippen molar-refractivity contribution in [3.05, 3.63) is 0 Å². The molecule has 1 aliphatic rings. The van der Waals surface area contributed by atoms with Crippen molar-refractivity contribution in [2.45, 2.75) is 25.9 Å². The van der Waals surface area contributed by atoms with E-state index in [0.717, 1.165) is 12.8 Å². The van der Waals surface area contributed by atoms with Crippen LogP contribution in [0.25, 0.3) is 0 Å². The van der Waals surface area contributed by atoms with Crippen molar-refractivity contribution in [1.29, 1.82) is 0 Å². The monoisotopic (exact) mass is 265 g/mol. The predicted octanol–water partition coefficient (Wildman–Crippen LogP) is -0.474. The number of nitrogens with one attached hydrogen (secondary N) is 1. The van der Waals surface area contributed by atoms with Crippen LogP contribution in [0.3, 0.4) is 0 Å². The summed E-state index contributed by atoms with van der Waals surface area (Å²) in [6.07, 6.45) is 1.76. The van der Waals surface area contributed by atoms with E-state index >= 15 is 0 Å². The second-order valence-corrected chi connectivity index (χ2v) is 6.26. The molecule has 17 heavy (non-hydrogen) atoms. The number of hydrogen-bond acceptors (Lipinski definition) is 4. The van der Waals surface area contributed by atoms with E-state index in [1.54, 1.807) is 7.11 Å². The fraction of sp³-hybridized carbons (Fsp3) is 1.00. The average molecular weight is 265 g/mol. The smallest absolute Gasteiger partial charge is 0.279 e. The molecule has 1 heterocycles. The lowest BCUT2D eigenvalue weighted by Crippen LogP contribution is -2.48. The first-order valence-electron chi connectivity index (χ1n) is 5.97. The Hall–Kier alpha value is -0.210. The van der Waals surface area contributed by atoms with Crippen LogP contribution in [-0.4, -0.2) is 52.1 Å². The molecule has 2 unspecified atom stereocenters. The standard InChI is InChI=1S/C10H23N3O3S/c1-9(16-2)7-12-17(14,15)13-5-3-4-10(6-11)8-13/h9-10,12H,3-8,11H2,1-2H3. The van der Waals surface area contributed by atoms with Crippen LogP contribution in [0, 0.1) is 5.92 Å². The Bertz CT molecular complexity index is 321. The van der Waals surface area contributed by atoms with Crippen LogP contribution >= 0.6 is 0 Å². The molecule has 1 fully saturated rings. The number of hydrogen-bond donors (Lipinski definition) is 2. The van der Waals surface area contributed by atoms with Gasteiger partial charge in [0.15, 0.2) is 0 Å². The van der Waals surface area contributed by atoms with Crippen LogP contribution in [0.1, 0.15) is 19.8 Å². The third-order valence-corrected chi connectivity index (χ3v) is 4.65. The fourth-order valence-corrected chi connectivity index (χ4v) is 3.24. The molecule has 0 spiro atoms. The molecule has 0 aromatic heterocycles. The molecule has 1 saturated heterocycles. The van der Waals surface area contributed by atoms with E-state index in [1.165, 1.54) is 4.31 Å². The Balaban J connectivity index is 2.51. The number of ether oxygens (including phenoxy) is 1. The van der Waals surface area contributed by atoms with Crippen molar-refractivity contribution in [3.8, 4) is 0 Å². The molecule has 6 nitrogen and oxygen atoms in total. The molecule has 7 heteroatoms. The quantitative estimate of drug-likeness (QED) is 0.680. The summed E-state index contributed by atoms with van der Waals surface area (Å²) < 4.78 is 33.0. The summed E-state index contributed by atoms with van der Waals surface area (Å²) in [5, 5.41) is 0. The van der Waals surface area contributed by atoms with Crippen molar-refractivity contribution in [3.63, 3.8) is 0 Å². The Kier molecular flexibility index (Phi) is 5.81. The maximum Gasteiger partial charge on any atom is 0.279 e. The summed E-state index contributed by atoms with van der Waals surface area (Å²) in [7, 11) is -1.82. The first-order valence-corrected chi connectivity index (χ1v) is 7.41. The first-order chi connectivity index (χ1) is 7.99. The number of nitrogens with two attached hydrogens (primary N) is 1. The first kappa shape index (κ1) is 14.8. The van der Waals surface area contributed by atoms with Crippen LogP contribution in [0.15, 0.2) is 0 Å². The van der Waals surface area contributed by atoms with Gasteiger partial charge in [0.1, 0.15) is 0 Å². The van der Waals surface area contributed by atoms with Crippen LogP contribution < -0.4 is 10.5 Å². The van der Waals surface area contributed by atoms with Gasteiger partial charge in [-0.3, -0.25) is 0 Å². The molecule has 2 atom stereocenters. The SMILES string of the molecule is COC(C)CNS(=O)(=O)N1CCCC(CN)C1. The van der Waals surface area contributed by atoms with Crippen LogP contribution in [-0.2, 0) is 14.9 Å². The third kappa shape index (κ3) is 4.51. The molecule has 3 N–H and O–H groups in total. The zero-order chi connectivity index (χ0) is 12.9. The van der Waals surface area contributed by atoms with Gasteiger partial charge in [-0.2, -0.15) is 17.4 Å². The summed E-state index contributed by atoms with van der Waals surface area (Å²) in [6, 6.07) is 0. The van der Waals surface area contributed by atoms with Gasteiger partial charge in [0, 0.05) is 26.7 Å². The fourth-order valence-electron chi connectivity index (χ4n) is 1.83. The highest BCUT2D eigenvalue weighted by Crippen LogP contribution is 2.17. The number of methoxy groups -OCH3 is 1. The van der Waals surface area contributed by atoms with Gasteiger partial charge >= 0.3 is 0 Å². The van der Waals surface area contributed by atoms with Crippen molar-refractivity contribution in [2.24, 2.45) is 11.7 Å². The number of piperidine rings is 1. The number of rotatable bonds is 6. The Morgan fingerprint density at radius 2 is 2.29 bits per heavy atom. The zero-order valence-electron chi connectivity index (χ0n) is 10.6. The lowest BCUT2D eigenvalue weighted by Gasteiger charge is -2.31. The molecule has 0 bridgehead atoms. The normalized spacial score (nSPS) is 24.8. The largest absolute Gasteiger partial charge is 0.380 e. The van der Waals surface area contributed by atoms with Gasteiger partial charge in [-0.1, -0.05) is 0 Å². The van der Waals surface area contributed by atoms with Crippen LogP contribution in [0.4, 0.5) is 0 Å². The predicted molar refractivity (Wildman–Crippen MR) is 66.7 cm³/mol. The van der Waals surface area contributed by atoms with E-state index in [-0.39, 0.29) is 12.0 Å². The van der Waals surface area contributed by atoms with Crippen molar-refractivity contribution >= 4 is 10.2 Å². The van der Waals surface area contributed by atoms with E-state index in [0.29, 0.717) is 26.2 Å². The van der Waals surface area contributed by atoms with E-state index in [1.807, 2.05) is 6.92 Å². The highest BCUT2D eigenvalue weighted by Gasteiger charge is 2.28. The van der Waals surface area contributed by atoms with Gasteiger partial charge in [-0.25, -0.2) is 0 Å². The Morgan fingerprint density at radius 1 is 1.59 bits per heavy atom. The molecule has 0 aromatic carbocycles. The van der Waals surface area contributed by atoms with Crippen LogP contribution in [0.2, 0.25) is 0 Å². The van der Waals surface area contributed by atoms with Crippen molar-refractivity contribution < 1.29 is 13.2 Å². The molecular weight excluding hydrogens is 242 g/mol. The minimum absolute atomic E-state index is 0.125. The second kappa shape index (κ2) is 6.65. The summed E-state index contributed by atoms with van der Waals surface area (Å²) in [6.45, 7) is 3.75. The summed E-state index contributed by atoms with van der Waals surface area (Å²) in [5.41, 5.74) is 5.59.